The predicted molar refractivity (Wildman–Crippen MR) is 75.4 cm³/mol. The lowest BCUT2D eigenvalue weighted by molar-refractivity contribution is 0.415. The van der Waals surface area contributed by atoms with Crippen molar-refractivity contribution in [1.29, 1.82) is 0 Å². The van der Waals surface area contributed by atoms with Crippen molar-refractivity contribution >= 4 is 10.8 Å². The molecule has 0 aliphatic heterocycles. The molecular weight excluding hydrogens is 238 g/mol. The van der Waals surface area contributed by atoms with Crippen molar-refractivity contribution < 1.29 is 9.84 Å². The smallest absolute Gasteiger partial charge is 0.118 e. The lowest BCUT2D eigenvalue weighted by Crippen LogP contribution is -1.86. The lowest BCUT2D eigenvalue weighted by Gasteiger charge is -2.05. The van der Waals surface area contributed by atoms with E-state index in [0.717, 1.165) is 27.8 Å². The van der Waals surface area contributed by atoms with Crippen LogP contribution in [0, 0.1) is 0 Å². The topological polar surface area (TPSA) is 42.4 Å². The van der Waals surface area contributed by atoms with Gasteiger partial charge in [-0.1, -0.05) is 6.07 Å². The highest BCUT2D eigenvalue weighted by molar-refractivity contribution is 5.86. The molecule has 94 valence electrons. The summed E-state index contributed by atoms with van der Waals surface area (Å²) in [5, 5.41) is 11.4. The number of benzene rings is 2. The summed E-state index contributed by atoms with van der Waals surface area (Å²) in [6.07, 6.45) is 1.77. The number of ether oxygens (including phenoxy) is 1. The molecule has 1 aromatic heterocycles. The van der Waals surface area contributed by atoms with Crippen molar-refractivity contribution in [2.45, 2.75) is 0 Å². The van der Waals surface area contributed by atoms with Crippen LogP contribution in [0.2, 0.25) is 0 Å². The van der Waals surface area contributed by atoms with Crippen LogP contribution >= 0.6 is 0 Å². The van der Waals surface area contributed by atoms with Crippen LogP contribution in [0.1, 0.15) is 0 Å². The number of hydrogen-bond donors (Lipinski definition) is 1. The Hall–Kier alpha value is -2.55. The third kappa shape index (κ3) is 2.22. The minimum absolute atomic E-state index is 0.256. The number of aromatic nitrogens is 1. The molecule has 0 aliphatic carbocycles. The number of aromatic hydroxyl groups is 1. The van der Waals surface area contributed by atoms with Crippen LogP contribution in [-0.4, -0.2) is 17.2 Å². The van der Waals surface area contributed by atoms with Gasteiger partial charge in [-0.25, -0.2) is 0 Å². The van der Waals surface area contributed by atoms with Crippen LogP contribution in [0.5, 0.6) is 11.5 Å². The molecule has 0 unspecified atom stereocenters. The van der Waals surface area contributed by atoms with Gasteiger partial charge in [-0.15, -0.1) is 0 Å². The Labute approximate surface area is 111 Å². The molecule has 0 spiro atoms. The van der Waals surface area contributed by atoms with Crippen molar-refractivity contribution in [2.24, 2.45) is 0 Å². The Bertz CT molecular complexity index is 720. The Morgan fingerprint density at radius 1 is 0.947 bits per heavy atom. The van der Waals surface area contributed by atoms with Gasteiger partial charge in [0.15, 0.2) is 0 Å². The predicted octanol–water partition coefficient (Wildman–Crippen LogP) is 3.62. The van der Waals surface area contributed by atoms with E-state index in [1.54, 1.807) is 25.4 Å². The zero-order chi connectivity index (χ0) is 13.2. The molecule has 0 aliphatic rings. The molecule has 2 aromatic carbocycles. The lowest BCUT2D eigenvalue weighted by atomic mass is 10.1. The van der Waals surface area contributed by atoms with E-state index >= 15 is 0 Å². The average molecular weight is 251 g/mol. The van der Waals surface area contributed by atoms with Crippen molar-refractivity contribution in [1.82, 2.24) is 4.98 Å². The second-order valence-electron chi connectivity index (χ2n) is 4.33. The molecule has 3 heteroatoms. The van der Waals surface area contributed by atoms with E-state index in [0.29, 0.717) is 0 Å². The number of hydrogen-bond acceptors (Lipinski definition) is 3. The number of fused-ring (bicyclic) bond motifs is 1. The number of pyridine rings is 1. The zero-order valence-corrected chi connectivity index (χ0v) is 10.5. The van der Waals surface area contributed by atoms with Gasteiger partial charge in [0.1, 0.15) is 11.5 Å². The van der Waals surface area contributed by atoms with Crippen molar-refractivity contribution in [3.8, 4) is 22.8 Å². The van der Waals surface area contributed by atoms with Crippen molar-refractivity contribution in [3.05, 3.63) is 54.7 Å². The van der Waals surface area contributed by atoms with Crippen LogP contribution in [0.4, 0.5) is 0 Å². The van der Waals surface area contributed by atoms with E-state index in [4.69, 9.17) is 4.74 Å². The summed E-state index contributed by atoms with van der Waals surface area (Å²) >= 11 is 0. The molecule has 3 nitrogen and oxygen atoms in total. The first-order chi connectivity index (χ1) is 9.26. The molecule has 1 N–H and O–H groups in total. The second-order valence-corrected chi connectivity index (χ2v) is 4.33. The van der Waals surface area contributed by atoms with E-state index in [-0.39, 0.29) is 5.75 Å². The molecule has 3 aromatic rings. The van der Waals surface area contributed by atoms with Gasteiger partial charge in [0, 0.05) is 17.1 Å². The number of rotatable bonds is 2. The Kier molecular flexibility index (Phi) is 2.80. The van der Waals surface area contributed by atoms with Gasteiger partial charge in [0.25, 0.3) is 0 Å². The maximum atomic E-state index is 9.43. The molecule has 0 bridgehead atoms. The van der Waals surface area contributed by atoms with Gasteiger partial charge in [0.2, 0.25) is 0 Å². The molecule has 0 saturated carbocycles. The van der Waals surface area contributed by atoms with Gasteiger partial charge in [0.05, 0.1) is 12.8 Å². The second kappa shape index (κ2) is 4.61. The summed E-state index contributed by atoms with van der Waals surface area (Å²) in [5.74, 6) is 1.08. The van der Waals surface area contributed by atoms with Gasteiger partial charge in [-0.3, -0.25) is 4.98 Å². The largest absolute Gasteiger partial charge is 0.508 e. The summed E-state index contributed by atoms with van der Waals surface area (Å²) in [5.41, 5.74) is 1.94. The molecule has 19 heavy (non-hydrogen) atoms. The van der Waals surface area contributed by atoms with E-state index < -0.39 is 0 Å². The first kappa shape index (κ1) is 11.5. The van der Waals surface area contributed by atoms with Crippen LogP contribution in [0.15, 0.2) is 54.7 Å². The summed E-state index contributed by atoms with van der Waals surface area (Å²) in [6.45, 7) is 0. The van der Waals surface area contributed by atoms with Crippen LogP contribution in [-0.2, 0) is 0 Å². The van der Waals surface area contributed by atoms with Gasteiger partial charge in [-0.2, -0.15) is 0 Å². The summed E-state index contributed by atoms with van der Waals surface area (Å²) in [4.78, 5) is 4.42. The molecule has 1 heterocycles. The minimum atomic E-state index is 0.256. The zero-order valence-electron chi connectivity index (χ0n) is 10.5. The third-order valence-corrected chi connectivity index (χ3v) is 3.09. The van der Waals surface area contributed by atoms with E-state index in [1.165, 1.54) is 0 Å². The average Bonchev–Trinajstić information content (AvgIpc) is 2.47. The summed E-state index contributed by atoms with van der Waals surface area (Å²) in [7, 11) is 1.65. The van der Waals surface area contributed by atoms with E-state index in [1.807, 2.05) is 36.4 Å². The van der Waals surface area contributed by atoms with Crippen LogP contribution in [0.3, 0.4) is 0 Å². The monoisotopic (exact) mass is 251 g/mol. The van der Waals surface area contributed by atoms with E-state index in [2.05, 4.69) is 4.98 Å². The highest BCUT2D eigenvalue weighted by Crippen LogP contribution is 2.25. The van der Waals surface area contributed by atoms with Gasteiger partial charge < -0.3 is 9.84 Å². The van der Waals surface area contributed by atoms with Crippen LogP contribution < -0.4 is 4.74 Å². The van der Waals surface area contributed by atoms with Gasteiger partial charge in [-0.05, 0) is 47.9 Å². The maximum Gasteiger partial charge on any atom is 0.118 e. The molecule has 0 amide bonds. The Morgan fingerprint density at radius 3 is 2.47 bits per heavy atom. The first-order valence-electron chi connectivity index (χ1n) is 5.99. The molecule has 0 saturated heterocycles. The maximum absolute atomic E-state index is 9.43. The quantitative estimate of drug-likeness (QED) is 0.756. The third-order valence-electron chi connectivity index (χ3n) is 3.09. The fourth-order valence-corrected chi connectivity index (χ4v) is 2.05. The standard InChI is InChI=1S/C16H13NO2/c1-19-15-6-3-11(4-7-15)16-9-12-2-5-14(18)8-13(12)10-17-16/h2-10,18H,1H3. The summed E-state index contributed by atoms with van der Waals surface area (Å²) in [6, 6.07) is 15.1. The van der Waals surface area contributed by atoms with E-state index in [9.17, 15) is 5.11 Å². The number of nitrogens with zero attached hydrogens (tertiary/aromatic N) is 1. The number of phenols is 1. The first-order valence-corrected chi connectivity index (χ1v) is 5.99. The molecule has 0 fully saturated rings. The van der Waals surface area contributed by atoms with Crippen molar-refractivity contribution in [3.63, 3.8) is 0 Å². The number of phenolic OH excluding ortho intramolecular Hbond substituents is 1. The molecule has 0 atom stereocenters. The Morgan fingerprint density at radius 2 is 1.74 bits per heavy atom. The van der Waals surface area contributed by atoms with Gasteiger partial charge >= 0.3 is 0 Å². The fourth-order valence-electron chi connectivity index (χ4n) is 2.05. The van der Waals surface area contributed by atoms with Crippen LogP contribution in [0.25, 0.3) is 22.0 Å². The molecule has 0 radical (unpaired) electrons. The Balaban J connectivity index is 2.06. The normalized spacial score (nSPS) is 10.6. The SMILES string of the molecule is COc1ccc(-c2cc3ccc(O)cc3cn2)cc1. The van der Waals surface area contributed by atoms with Crippen molar-refractivity contribution in [2.75, 3.05) is 7.11 Å². The molecule has 3 rings (SSSR count). The minimum Gasteiger partial charge on any atom is -0.508 e. The highest BCUT2D eigenvalue weighted by Gasteiger charge is 2.02. The fraction of sp³-hybridized carbons (Fsp3) is 0.0625. The summed E-state index contributed by atoms with van der Waals surface area (Å²) < 4.78 is 5.14. The molecular formula is C16H13NO2. The number of methoxy groups -OCH3 is 1. The highest BCUT2D eigenvalue weighted by atomic mass is 16.5.